The van der Waals surface area contributed by atoms with E-state index >= 15 is 0 Å². The van der Waals surface area contributed by atoms with Crippen molar-refractivity contribution in [3.63, 3.8) is 0 Å². The summed E-state index contributed by atoms with van der Waals surface area (Å²) in [5, 5.41) is 8.04. The van der Waals surface area contributed by atoms with Gasteiger partial charge in [-0.25, -0.2) is 13.5 Å². The molecule has 4 rings (SSSR count). The number of anilines is 1. The van der Waals surface area contributed by atoms with E-state index in [-0.39, 0.29) is 11.6 Å². The van der Waals surface area contributed by atoms with Crippen molar-refractivity contribution >= 4 is 5.82 Å². The van der Waals surface area contributed by atoms with Gasteiger partial charge >= 0.3 is 0 Å². The Hall–Kier alpha value is -2.69. The van der Waals surface area contributed by atoms with E-state index in [0.717, 1.165) is 48.4 Å². The lowest BCUT2D eigenvalue weighted by Gasteiger charge is -2.09. The predicted molar refractivity (Wildman–Crippen MR) is 90.3 cm³/mol. The van der Waals surface area contributed by atoms with E-state index in [9.17, 15) is 8.78 Å². The van der Waals surface area contributed by atoms with Gasteiger partial charge in [0.2, 0.25) is 0 Å². The zero-order valence-corrected chi connectivity index (χ0v) is 13.1. The number of para-hydroxylation sites is 1. The van der Waals surface area contributed by atoms with Crippen LogP contribution in [0.25, 0.3) is 16.9 Å². The standard InChI is InChI=1S/C19H17F2N3/c20-14-10-8-13(9-11-14)18-15-5-3-4-12-22-19(15)24(23-18)17-7-2-1-6-16(17)21/h1-2,6-11,22H,3-5,12H2. The lowest BCUT2D eigenvalue weighted by molar-refractivity contribution is 0.611. The van der Waals surface area contributed by atoms with Crippen molar-refractivity contribution < 1.29 is 8.78 Å². The molecule has 0 unspecified atom stereocenters. The zero-order valence-electron chi connectivity index (χ0n) is 13.1. The fraction of sp³-hybridized carbons (Fsp3) is 0.211. The summed E-state index contributed by atoms with van der Waals surface area (Å²) in [5.74, 6) is 0.230. The largest absolute Gasteiger partial charge is 0.370 e. The maximum absolute atomic E-state index is 14.3. The van der Waals surface area contributed by atoms with E-state index in [1.807, 2.05) is 0 Å². The van der Waals surface area contributed by atoms with Crippen molar-refractivity contribution in [2.45, 2.75) is 19.3 Å². The highest BCUT2D eigenvalue weighted by Gasteiger charge is 2.22. The summed E-state index contributed by atoms with van der Waals surface area (Å²) < 4.78 is 29.1. The number of aromatic nitrogens is 2. The molecule has 2 aromatic carbocycles. The lowest BCUT2D eigenvalue weighted by Crippen LogP contribution is -2.08. The molecular formula is C19H17F2N3. The highest BCUT2D eigenvalue weighted by atomic mass is 19.1. The molecule has 24 heavy (non-hydrogen) atoms. The minimum absolute atomic E-state index is 0.281. The number of hydrogen-bond donors (Lipinski definition) is 1. The third kappa shape index (κ3) is 2.56. The molecule has 0 aliphatic carbocycles. The summed E-state index contributed by atoms with van der Waals surface area (Å²) in [6, 6.07) is 12.9. The van der Waals surface area contributed by atoms with Crippen molar-refractivity contribution in [2.24, 2.45) is 0 Å². The van der Waals surface area contributed by atoms with E-state index in [2.05, 4.69) is 10.4 Å². The van der Waals surface area contributed by atoms with Gasteiger partial charge in [-0.05, 0) is 55.7 Å². The maximum atomic E-state index is 14.3. The summed E-state index contributed by atoms with van der Waals surface area (Å²) in [7, 11) is 0. The Bertz CT molecular complexity index is 869. The summed E-state index contributed by atoms with van der Waals surface area (Å²) in [6.45, 7) is 0.829. The molecule has 0 atom stereocenters. The van der Waals surface area contributed by atoms with Crippen LogP contribution in [0.3, 0.4) is 0 Å². The molecule has 3 nitrogen and oxygen atoms in total. The second kappa shape index (κ2) is 6.07. The number of hydrogen-bond acceptors (Lipinski definition) is 2. The third-order valence-electron chi connectivity index (χ3n) is 4.33. The smallest absolute Gasteiger partial charge is 0.148 e. The summed E-state index contributed by atoms with van der Waals surface area (Å²) in [5.41, 5.74) is 3.09. The van der Waals surface area contributed by atoms with Crippen molar-refractivity contribution in [1.82, 2.24) is 9.78 Å². The van der Waals surface area contributed by atoms with Crippen LogP contribution in [-0.2, 0) is 6.42 Å². The van der Waals surface area contributed by atoms with E-state index in [1.54, 1.807) is 35.0 Å². The molecule has 1 aromatic heterocycles. The van der Waals surface area contributed by atoms with Gasteiger partial charge in [0.1, 0.15) is 23.1 Å². The Morgan fingerprint density at radius 2 is 1.75 bits per heavy atom. The maximum Gasteiger partial charge on any atom is 0.148 e. The Balaban J connectivity index is 1.92. The van der Waals surface area contributed by atoms with Crippen molar-refractivity contribution in [3.05, 3.63) is 65.7 Å². The van der Waals surface area contributed by atoms with Crippen molar-refractivity contribution in [1.29, 1.82) is 0 Å². The molecule has 0 spiro atoms. The van der Waals surface area contributed by atoms with Gasteiger partial charge in [0.15, 0.2) is 0 Å². The van der Waals surface area contributed by atoms with Crippen LogP contribution >= 0.6 is 0 Å². The van der Waals surface area contributed by atoms with Crippen LogP contribution in [-0.4, -0.2) is 16.3 Å². The normalized spacial score (nSPS) is 13.9. The first-order chi connectivity index (χ1) is 11.7. The van der Waals surface area contributed by atoms with Gasteiger partial charge in [-0.2, -0.15) is 5.10 Å². The first-order valence-corrected chi connectivity index (χ1v) is 8.10. The molecule has 3 aromatic rings. The Labute approximate surface area is 138 Å². The Morgan fingerprint density at radius 1 is 0.958 bits per heavy atom. The molecule has 0 saturated heterocycles. The molecule has 0 saturated carbocycles. The minimum Gasteiger partial charge on any atom is -0.370 e. The quantitative estimate of drug-likeness (QED) is 0.748. The van der Waals surface area contributed by atoms with Gasteiger partial charge in [-0.15, -0.1) is 0 Å². The van der Waals surface area contributed by atoms with E-state index in [1.165, 1.54) is 18.2 Å². The molecule has 0 amide bonds. The molecule has 1 aliphatic rings. The fourth-order valence-corrected chi connectivity index (χ4v) is 3.14. The van der Waals surface area contributed by atoms with Crippen molar-refractivity contribution in [2.75, 3.05) is 11.9 Å². The Morgan fingerprint density at radius 3 is 2.54 bits per heavy atom. The van der Waals surface area contributed by atoms with Gasteiger partial charge in [0.05, 0.1) is 5.69 Å². The number of rotatable bonds is 2. The predicted octanol–water partition coefficient (Wildman–Crippen LogP) is 4.57. The topological polar surface area (TPSA) is 29.9 Å². The van der Waals surface area contributed by atoms with E-state index in [4.69, 9.17) is 0 Å². The lowest BCUT2D eigenvalue weighted by atomic mass is 10.0. The molecule has 0 bridgehead atoms. The second-order valence-corrected chi connectivity index (χ2v) is 5.93. The third-order valence-corrected chi connectivity index (χ3v) is 4.33. The molecule has 1 aliphatic heterocycles. The molecule has 0 radical (unpaired) electrons. The van der Waals surface area contributed by atoms with Gasteiger partial charge in [0.25, 0.3) is 0 Å². The monoisotopic (exact) mass is 325 g/mol. The average molecular weight is 325 g/mol. The van der Waals surface area contributed by atoms with E-state index in [0.29, 0.717) is 5.69 Å². The first-order valence-electron chi connectivity index (χ1n) is 8.10. The number of benzene rings is 2. The highest BCUT2D eigenvalue weighted by molar-refractivity contribution is 5.71. The molecule has 122 valence electrons. The van der Waals surface area contributed by atoms with Crippen LogP contribution in [0, 0.1) is 11.6 Å². The van der Waals surface area contributed by atoms with Crippen LogP contribution in [0.2, 0.25) is 0 Å². The van der Waals surface area contributed by atoms with Gasteiger partial charge in [-0.1, -0.05) is 12.1 Å². The van der Waals surface area contributed by atoms with Crippen LogP contribution in [0.1, 0.15) is 18.4 Å². The molecule has 0 fully saturated rings. The van der Waals surface area contributed by atoms with Crippen LogP contribution in [0.5, 0.6) is 0 Å². The Kier molecular flexibility index (Phi) is 3.76. The number of nitrogens with one attached hydrogen (secondary N) is 1. The molecule has 2 heterocycles. The highest BCUT2D eigenvalue weighted by Crippen LogP contribution is 2.34. The van der Waals surface area contributed by atoms with Crippen LogP contribution in [0.4, 0.5) is 14.6 Å². The molecule has 1 N–H and O–H groups in total. The van der Waals surface area contributed by atoms with Gasteiger partial charge < -0.3 is 5.32 Å². The second-order valence-electron chi connectivity index (χ2n) is 5.93. The SMILES string of the molecule is Fc1ccc(-c2nn(-c3ccccc3F)c3c2CCCCN3)cc1. The van der Waals surface area contributed by atoms with Gasteiger partial charge in [0, 0.05) is 17.7 Å². The summed E-state index contributed by atoms with van der Waals surface area (Å²) in [4.78, 5) is 0. The average Bonchev–Trinajstić information content (AvgIpc) is 2.78. The van der Waals surface area contributed by atoms with Gasteiger partial charge in [-0.3, -0.25) is 0 Å². The van der Waals surface area contributed by atoms with E-state index < -0.39 is 0 Å². The molecular weight excluding hydrogens is 308 g/mol. The summed E-state index contributed by atoms with van der Waals surface area (Å²) >= 11 is 0. The molecule has 5 heteroatoms. The number of halogens is 2. The fourth-order valence-electron chi connectivity index (χ4n) is 3.14. The first kappa shape index (κ1) is 14.9. The number of fused-ring (bicyclic) bond motifs is 1. The van der Waals surface area contributed by atoms with Crippen molar-refractivity contribution in [3.8, 4) is 16.9 Å². The number of nitrogens with zero attached hydrogens (tertiary/aromatic N) is 2. The van der Waals surface area contributed by atoms with Crippen LogP contribution < -0.4 is 5.32 Å². The van der Waals surface area contributed by atoms with Crippen LogP contribution in [0.15, 0.2) is 48.5 Å². The minimum atomic E-state index is -0.320. The zero-order chi connectivity index (χ0) is 16.5. The summed E-state index contributed by atoms with van der Waals surface area (Å²) in [6.07, 6.45) is 2.95.